The van der Waals surface area contributed by atoms with Gasteiger partial charge in [0.25, 0.3) is 5.91 Å². The third-order valence-corrected chi connectivity index (χ3v) is 4.20. The Morgan fingerprint density at radius 2 is 1.95 bits per heavy atom. The summed E-state index contributed by atoms with van der Waals surface area (Å²) in [5, 5.41) is 3.85. The second-order valence-electron chi connectivity index (χ2n) is 5.46. The number of piperidine rings is 1. The zero-order chi connectivity index (χ0) is 15.1. The van der Waals surface area contributed by atoms with Gasteiger partial charge in [0, 0.05) is 18.1 Å². The minimum Gasteiger partial charge on any atom is -0.484 e. The summed E-state index contributed by atoms with van der Waals surface area (Å²) in [5.41, 5.74) is 0. The molecule has 1 aliphatic rings. The van der Waals surface area contributed by atoms with E-state index in [0.717, 1.165) is 38.4 Å². The maximum atomic E-state index is 12.1. The van der Waals surface area contributed by atoms with Gasteiger partial charge in [0.2, 0.25) is 0 Å². The lowest BCUT2D eigenvalue weighted by Gasteiger charge is -2.32. The average Bonchev–Trinajstić information content (AvgIpc) is 2.52. The molecule has 0 unspecified atom stereocenters. The van der Waals surface area contributed by atoms with Crippen LogP contribution in [0.2, 0.25) is 5.02 Å². The van der Waals surface area contributed by atoms with Gasteiger partial charge in [-0.3, -0.25) is 4.79 Å². The van der Waals surface area contributed by atoms with Crippen LogP contribution in [-0.4, -0.2) is 44.1 Å². The molecule has 0 radical (unpaired) electrons. The van der Waals surface area contributed by atoms with Crippen LogP contribution >= 0.6 is 24.0 Å². The first-order chi connectivity index (χ1) is 10.2. The summed E-state index contributed by atoms with van der Waals surface area (Å²) in [6.45, 7) is 2.84. The number of halogens is 2. The lowest BCUT2D eigenvalue weighted by molar-refractivity contribution is -0.134. The lowest BCUT2D eigenvalue weighted by atomic mass is 9.93. The number of rotatable bonds is 6. The fourth-order valence-corrected chi connectivity index (χ4v) is 2.71. The van der Waals surface area contributed by atoms with Crippen LogP contribution in [0.3, 0.4) is 0 Å². The number of hydrogen-bond donors (Lipinski definition) is 1. The molecular formula is C16H24Cl2N2O2. The van der Waals surface area contributed by atoms with Crippen LogP contribution in [0.1, 0.15) is 19.3 Å². The number of ether oxygens (including phenoxy) is 1. The van der Waals surface area contributed by atoms with E-state index >= 15 is 0 Å². The van der Waals surface area contributed by atoms with Crippen LogP contribution < -0.4 is 10.1 Å². The Hall–Kier alpha value is -0.970. The molecule has 4 nitrogen and oxygen atoms in total. The topological polar surface area (TPSA) is 41.6 Å². The van der Waals surface area contributed by atoms with Gasteiger partial charge in [-0.05, 0) is 63.0 Å². The highest BCUT2D eigenvalue weighted by atomic mass is 35.5. The van der Waals surface area contributed by atoms with E-state index in [9.17, 15) is 4.79 Å². The van der Waals surface area contributed by atoms with Crippen LogP contribution in [0.5, 0.6) is 5.75 Å². The van der Waals surface area contributed by atoms with Crippen molar-refractivity contribution in [3.05, 3.63) is 29.3 Å². The van der Waals surface area contributed by atoms with Crippen LogP contribution in [0, 0.1) is 5.92 Å². The molecule has 1 aromatic carbocycles. The molecule has 1 aliphatic heterocycles. The third-order valence-electron chi connectivity index (χ3n) is 3.95. The van der Waals surface area contributed by atoms with Crippen LogP contribution in [0.25, 0.3) is 0 Å². The Kier molecular flexibility index (Phi) is 8.61. The SMILES string of the molecule is CNCCC1CCN(C(=O)COc2ccc(Cl)cc2)CC1.Cl. The zero-order valence-electron chi connectivity index (χ0n) is 12.9. The first-order valence-corrected chi connectivity index (χ1v) is 7.87. The van der Waals surface area contributed by atoms with Crippen molar-refractivity contribution in [2.24, 2.45) is 5.92 Å². The third kappa shape index (κ3) is 6.03. The Morgan fingerprint density at radius 1 is 1.32 bits per heavy atom. The summed E-state index contributed by atoms with van der Waals surface area (Å²) in [6.07, 6.45) is 3.38. The number of nitrogens with one attached hydrogen (secondary N) is 1. The molecule has 1 saturated heterocycles. The molecule has 1 heterocycles. The standard InChI is InChI=1S/C16H23ClN2O2.ClH/c1-18-9-6-13-7-10-19(11-8-13)16(20)12-21-15-4-2-14(17)3-5-15;/h2-5,13,18H,6-12H2,1H3;1H. The van der Waals surface area contributed by atoms with E-state index in [1.165, 1.54) is 6.42 Å². The second kappa shape index (κ2) is 9.93. The van der Waals surface area contributed by atoms with Crippen molar-refractivity contribution in [3.8, 4) is 5.75 Å². The smallest absolute Gasteiger partial charge is 0.260 e. The quantitative estimate of drug-likeness (QED) is 0.860. The van der Waals surface area contributed by atoms with Crippen LogP contribution in [0.15, 0.2) is 24.3 Å². The van der Waals surface area contributed by atoms with Crippen molar-refractivity contribution >= 4 is 29.9 Å². The minimum absolute atomic E-state index is 0. The van der Waals surface area contributed by atoms with Crippen molar-refractivity contribution in [1.29, 1.82) is 0 Å². The summed E-state index contributed by atoms with van der Waals surface area (Å²) < 4.78 is 5.51. The summed E-state index contributed by atoms with van der Waals surface area (Å²) in [7, 11) is 1.98. The van der Waals surface area contributed by atoms with E-state index in [0.29, 0.717) is 10.8 Å². The summed E-state index contributed by atoms with van der Waals surface area (Å²) in [5.74, 6) is 1.48. The van der Waals surface area contributed by atoms with Gasteiger partial charge >= 0.3 is 0 Å². The highest BCUT2D eigenvalue weighted by Gasteiger charge is 2.22. The number of amides is 1. The first kappa shape index (κ1) is 19.1. The molecule has 1 N–H and O–H groups in total. The van der Waals surface area contributed by atoms with E-state index < -0.39 is 0 Å². The molecule has 2 rings (SSSR count). The largest absolute Gasteiger partial charge is 0.484 e. The molecule has 1 fully saturated rings. The maximum Gasteiger partial charge on any atom is 0.260 e. The molecule has 1 aromatic rings. The second-order valence-corrected chi connectivity index (χ2v) is 5.90. The van der Waals surface area contributed by atoms with Gasteiger partial charge in [-0.1, -0.05) is 11.6 Å². The van der Waals surface area contributed by atoms with Gasteiger partial charge in [0.1, 0.15) is 5.75 Å². The fraction of sp³-hybridized carbons (Fsp3) is 0.562. The van der Waals surface area contributed by atoms with Crippen molar-refractivity contribution in [1.82, 2.24) is 10.2 Å². The van der Waals surface area contributed by atoms with E-state index in [2.05, 4.69) is 5.32 Å². The average molecular weight is 347 g/mol. The molecule has 6 heteroatoms. The Bertz CT molecular complexity index is 446. The van der Waals surface area contributed by atoms with Crippen molar-refractivity contribution in [2.45, 2.75) is 19.3 Å². The molecule has 0 bridgehead atoms. The lowest BCUT2D eigenvalue weighted by Crippen LogP contribution is -2.41. The molecule has 0 atom stereocenters. The highest BCUT2D eigenvalue weighted by molar-refractivity contribution is 6.30. The van der Waals surface area contributed by atoms with Crippen molar-refractivity contribution < 1.29 is 9.53 Å². The summed E-state index contributed by atoms with van der Waals surface area (Å²) in [6, 6.07) is 7.07. The van der Waals surface area contributed by atoms with E-state index in [1.807, 2.05) is 11.9 Å². The highest BCUT2D eigenvalue weighted by Crippen LogP contribution is 2.20. The van der Waals surface area contributed by atoms with E-state index in [-0.39, 0.29) is 24.9 Å². The minimum atomic E-state index is 0. The summed E-state index contributed by atoms with van der Waals surface area (Å²) in [4.78, 5) is 14.0. The molecule has 0 aliphatic carbocycles. The molecule has 1 amide bonds. The molecule has 0 spiro atoms. The van der Waals surface area contributed by atoms with E-state index in [1.54, 1.807) is 24.3 Å². The van der Waals surface area contributed by atoms with E-state index in [4.69, 9.17) is 16.3 Å². The number of hydrogen-bond acceptors (Lipinski definition) is 3. The molecule has 124 valence electrons. The van der Waals surface area contributed by atoms with Gasteiger partial charge in [0.15, 0.2) is 6.61 Å². The van der Waals surface area contributed by atoms with Crippen LogP contribution in [0.4, 0.5) is 0 Å². The number of likely N-dealkylation sites (tertiary alicyclic amines) is 1. The zero-order valence-corrected chi connectivity index (χ0v) is 14.5. The predicted octanol–water partition coefficient (Wildman–Crippen LogP) is 2.99. The number of benzene rings is 1. The summed E-state index contributed by atoms with van der Waals surface area (Å²) >= 11 is 5.81. The first-order valence-electron chi connectivity index (χ1n) is 7.50. The monoisotopic (exact) mass is 346 g/mol. The number of carbonyl (C=O) groups is 1. The Balaban J connectivity index is 0.00000242. The molecular weight excluding hydrogens is 323 g/mol. The molecule has 0 saturated carbocycles. The van der Waals surface area contributed by atoms with Crippen LogP contribution in [-0.2, 0) is 4.79 Å². The Morgan fingerprint density at radius 3 is 2.55 bits per heavy atom. The van der Waals surface area contributed by atoms with Gasteiger partial charge in [-0.25, -0.2) is 0 Å². The van der Waals surface area contributed by atoms with Crippen molar-refractivity contribution in [3.63, 3.8) is 0 Å². The van der Waals surface area contributed by atoms with Crippen molar-refractivity contribution in [2.75, 3.05) is 33.3 Å². The van der Waals surface area contributed by atoms with Gasteiger partial charge in [-0.2, -0.15) is 0 Å². The number of nitrogens with zero attached hydrogens (tertiary/aromatic N) is 1. The van der Waals surface area contributed by atoms with Gasteiger partial charge < -0.3 is 15.0 Å². The fourth-order valence-electron chi connectivity index (χ4n) is 2.59. The van der Waals surface area contributed by atoms with Gasteiger partial charge in [-0.15, -0.1) is 12.4 Å². The predicted molar refractivity (Wildman–Crippen MR) is 92.0 cm³/mol. The maximum absolute atomic E-state index is 12.1. The number of carbonyl (C=O) groups excluding carboxylic acids is 1. The Labute approximate surface area is 143 Å². The molecule has 0 aromatic heterocycles. The normalized spacial score (nSPS) is 15.3. The molecule has 22 heavy (non-hydrogen) atoms. The van der Waals surface area contributed by atoms with Gasteiger partial charge in [0.05, 0.1) is 0 Å².